The van der Waals surface area contributed by atoms with Gasteiger partial charge in [-0.25, -0.2) is 17.6 Å². The van der Waals surface area contributed by atoms with Crippen LogP contribution in [0.25, 0.3) is 0 Å². The van der Waals surface area contributed by atoms with Gasteiger partial charge in [0.25, 0.3) is 12.3 Å². The lowest BCUT2D eigenvalue weighted by Crippen LogP contribution is -2.49. The molecule has 2 fully saturated rings. The summed E-state index contributed by atoms with van der Waals surface area (Å²) in [6.45, 7) is 7.04. The number of alkyl halides is 4. The molecule has 1 saturated heterocycles. The van der Waals surface area contributed by atoms with Gasteiger partial charge in [0.15, 0.2) is 0 Å². The zero-order chi connectivity index (χ0) is 15.1. The van der Waals surface area contributed by atoms with Gasteiger partial charge >= 0.3 is 0 Å². The van der Waals surface area contributed by atoms with Crippen molar-refractivity contribution in [1.82, 2.24) is 4.90 Å². The van der Waals surface area contributed by atoms with Gasteiger partial charge in [-0.2, -0.15) is 0 Å². The Morgan fingerprint density at radius 2 is 2.05 bits per heavy atom. The van der Waals surface area contributed by atoms with Crippen molar-refractivity contribution in [3.05, 3.63) is 12.3 Å². The molecule has 2 nitrogen and oxygen atoms in total. The minimum atomic E-state index is -2.85. The molecule has 0 bridgehead atoms. The Kier molecular flexibility index (Phi) is 4.33. The Balaban J connectivity index is 2.32. The fraction of sp³-hybridized carbons (Fsp3) is 0.857. The van der Waals surface area contributed by atoms with Gasteiger partial charge in [0.2, 0.25) is 0 Å². The first-order valence-electron chi connectivity index (χ1n) is 7.02. The Morgan fingerprint density at radius 1 is 1.40 bits per heavy atom. The number of fused-ring (bicyclic) bond motifs is 1. The van der Waals surface area contributed by atoms with Crippen LogP contribution in [-0.2, 0) is 4.74 Å². The van der Waals surface area contributed by atoms with Crippen molar-refractivity contribution in [2.45, 2.75) is 63.6 Å². The Bertz CT molecular complexity index is 374. The van der Waals surface area contributed by atoms with E-state index in [4.69, 9.17) is 4.74 Å². The molecule has 0 aromatic heterocycles. The van der Waals surface area contributed by atoms with E-state index in [0.717, 1.165) is 0 Å². The number of ether oxygens (including phenoxy) is 1. The average molecular weight is 295 g/mol. The second-order valence-corrected chi connectivity index (χ2v) is 5.81. The van der Waals surface area contributed by atoms with Gasteiger partial charge < -0.3 is 4.74 Å². The lowest BCUT2D eigenvalue weighted by atomic mass is 9.95. The van der Waals surface area contributed by atoms with Gasteiger partial charge in [0, 0.05) is 24.8 Å². The maximum atomic E-state index is 13.6. The van der Waals surface area contributed by atoms with Crippen LogP contribution in [0.15, 0.2) is 12.3 Å². The molecule has 1 aliphatic heterocycles. The molecule has 20 heavy (non-hydrogen) atoms. The highest BCUT2D eigenvalue weighted by atomic mass is 19.3. The molecule has 0 aromatic rings. The number of hydrogen-bond acceptors (Lipinski definition) is 2. The second kappa shape index (κ2) is 5.54. The maximum absolute atomic E-state index is 13.6. The van der Waals surface area contributed by atoms with Crippen LogP contribution in [0.4, 0.5) is 17.6 Å². The normalized spacial score (nSPS) is 37.6. The Labute approximate surface area is 116 Å². The summed E-state index contributed by atoms with van der Waals surface area (Å²) in [4.78, 5) is 1.53. The molecule has 6 heteroatoms. The molecule has 0 N–H and O–H groups in total. The van der Waals surface area contributed by atoms with Gasteiger partial charge in [-0.1, -0.05) is 20.4 Å². The summed E-state index contributed by atoms with van der Waals surface area (Å²) in [7, 11) is 0. The molecule has 0 aromatic carbocycles. The predicted molar refractivity (Wildman–Crippen MR) is 67.9 cm³/mol. The Hall–Kier alpha value is -0.780. The first-order valence-corrected chi connectivity index (χ1v) is 7.02. The lowest BCUT2D eigenvalue weighted by molar-refractivity contribution is -0.0172. The molecule has 116 valence electrons. The lowest BCUT2D eigenvalue weighted by Gasteiger charge is -2.36. The second-order valence-electron chi connectivity index (χ2n) is 5.81. The minimum absolute atomic E-state index is 0.141. The molecule has 0 radical (unpaired) electrons. The molecule has 1 heterocycles. The number of rotatable bonds is 3. The van der Waals surface area contributed by atoms with Gasteiger partial charge in [0.1, 0.15) is 6.10 Å². The SMILES string of the molecule is C=C1OC2CC(F)(F)CC2N(CC(F)F)C(CC)C1C. The molecule has 2 rings (SSSR count). The first-order chi connectivity index (χ1) is 9.25. The quantitative estimate of drug-likeness (QED) is 0.736. The van der Waals surface area contributed by atoms with E-state index in [1.54, 1.807) is 0 Å². The summed E-state index contributed by atoms with van der Waals surface area (Å²) in [6, 6.07) is -0.897. The summed E-state index contributed by atoms with van der Waals surface area (Å²) < 4.78 is 58.5. The standard InChI is InChI=1S/C14H21F4NO/c1-4-10-8(2)9(3)20-12-6-14(17,18)5-11(12)19(10)7-13(15)16/h8,10-13H,3-7H2,1-2H3. The summed E-state index contributed by atoms with van der Waals surface area (Å²) in [5, 5.41) is 0. The monoisotopic (exact) mass is 295 g/mol. The number of halogens is 4. The summed E-state index contributed by atoms with van der Waals surface area (Å²) in [6.07, 6.45) is -3.52. The molecule has 0 spiro atoms. The highest BCUT2D eigenvalue weighted by Gasteiger charge is 2.53. The number of hydrogen-bond donors (Lipinski definition) is 0. The smallest absolute Gasteiger partial charge is 0.253 e. The van der Waals surface area contributed by atoms with E-state index in [9.17, 15) is 17.6 Å². The highest BCUT2D eigenvalue weighted by molar-refractivity contribution is 5.07. The van der Waals surface area contributed by atoms with Crippen molar-refractivity contribution in [1.29, 1.82) is 0 Å². The molecule has 1 saturated carbocycles. The van der Waals surface area contributed by atoms with E-state index >= 15 is 0 Å². The zero-order valence-electron chi connectivity index (χ0n) is 11.8. The van der Waals surface area contributed by atoms with E-state index in [2.05, 4.69) is 6.58 Å². The number of nitrogens with zero attached hydrogens (tertiary/aromatic N) is 1. The van der Waals surface area contributed by atoms with Gasteiger partial charge in [-0.05, 0) is 6.42 Å². The first kappa shape index (κ1) is 15.6. The van der Waals surface area contributed by atoms with Crippen LogP contribution in [0.1, 0.15) is 33.1 Å². The fourth-order valence-corrected chi connectivity index (χ4v) is 3.47. The summed E-state index contributed by atoms with van der Waals surface area (Å²) in [5.41, 5.74) is 0. The fourth-order valence-electron chi connectivity index (χ4n) is 3.47. The molecular formula is C14H21F4NO. The topological polar surface area (TPSA) is 12.5 Å². The van der Waals surface area contributed by atoms with Crippen molar-refractivity contribution in [3.63, 3.8) is 0 Å². The summed E-state index contributed by atoms with van der Waals surface area (Å²) >= 11 is 0. The van der Waals surface area contributed by atoms with Gasteiger partial charge in [-0.3, -0.25) is 4.90 Å². The van der Waals surface area contributed by atoms with Gasteiger partial charge in [-0.15, -0.1) is 0 Å². The van der Waals surface area contributed by atoms with Crippen molar-refractivity contribution in [2.75, 3.05) is 6.54 Å². The van der Waals surface area contributed by atoms with Crippen molar-refractivity contribution >= 4 is 0 Å². The van der Waals surface area contributed by atoms with Crippen molar-refractivity contribution in [2.24, 2.45) is 5.92 Å². The van der Waals surface area contributed by atoms with Crippen LogP contribution in [0.3, 0.4) is 0 Å². The van der Waals surface area contributed by atoms with E-state index < -0.39 is 43.9 Å². The zero-order valence-corrected chi connectivity index (χ0v) is 11.8. The van der Waals surface area contributed by atoms with E-state index in [-0.39, 0.29) is 12.0 Å². The summed E-state index contributed by atoms with van der Waals surface area (Å²) in [5.74, 6) is -2.56. The molecule has 4 atom stereocenters. The van der Waals surface area contributed by atoms with E-state index in [0.29, 0.717) is 12.2 Å². The third-order valence-electron chi connectivity index (χ3n) is 4.44. The van der Waals surface area contributed by atoms with Crippen molar-refractivity contribution < 1.29 is 22.3 Å². The third-order valence-corrected chi connectivity index (χ3v) is 4.44. The maximum Gasteiger partial charge on any atom is 0.253 e. The Morgan fingerprint density at radius 3 is 2.60 bits per heavy atom. The van der Waals surface area contributed by atoms with Crippen LogP contribution in [0.2, 0.25) is 0 Å². The van der Waals surface area contributed by atoms with Crippen LogP contribution in [-0.4, -0.2) is 42.0 Å². The van der Waals surface area contributed by atoms with Crippen molar-refractivity contribution in [3.8, 4) is 0 Å². The predicted octanol–water partition coefficient (Wildman–Crippen LogP) is 3.68. The molecule has 2 aliphatic rings. The van der Waals surface area contributed by atoms with Crippen LogP contribution < -0.4 is 0 Å². The largest absolute Gasteiger partial charge is 0.493 e. The highest BCUT2D eigenvalue weighted by Crippen LogP contribution is 2.44. The van der Waals surface area contributed by atoms with Crippen LogP contribution >= 0.6 is 0 Å². The molecule has 1 aliphatic carbocycles. The van der Waals surface area contributed by atoms with E-state index in [1.165, 1.54) is 4.90 Å². The minimum Gasteiger partial charge on any atom is -0.493 e. The molecule has 0 amide bonds. The molecule has 4 unspecified atom stereocenters. The van der Waals surface area contributed by atoms with Gasteiger partial charge in [0.05, 0.1) is 18.3 Å². The average Bonchev–Trinajstić information content (AvgIpc) is 2.59. The third kappa shape index (κ3) is 2.95. The van der Waals surface area contributed by atoms with Crippen LogP contribution in [0.5, 0.6) is 0 Å². The van der Waals surface area contributed by atoms with E-state index in [1.807, 2.05) is 13.8 Å². The van der Waals surface area contributed by atoms with Crippen LogP contribution in [0, 0.1) is 5.92 Å². The molecular weight excluding hydrogens is 274 g/mol.